The maximum absolute atomic E-state index is 5.72. The van der Waals surface area contributed by atoms with Gasteiger partial charge >= 0.3 is 0 Å². The van der Waals surface area contributed by atoms with Crippen LogP contribution in [0.3, 0.4) is 0 Å². The monoisotopic (exact) mass is 166 g/mol. The van der Waals surface area contributed by atoms with E-state index in [4.69, 9.17) is 11.6 Å². The van der Waals surface area contributed by atoms with Gasteiger partial charge in [0.25, 0.3) is 0 Å². The Balaban J connectivity index is 2.73. The molecule has 0 saturated carbocycles. The lowest BCUT2D eigenvalue weighted by molar-refractivity contribution is 1.23. The first-order valence-corrected chi connectivity index (χ1v) is 4.13. The van der Waals surface area contributed by atoms with Crippen molar-refractivity contribution < 1.29 is 0 Å². The van der Waals surface area contributed by atoms with E-state index in [-0.39, 0.29) is 0 Å². The fourth-order valence-corrected chi connectivity index (χ4v) is 0.954. The van der Waals surface area contributed by atoms with Crippen molar-refractivity contribution in [2.75, 3.05) is 0 Å². The van der Waals surface area contributed by atoms with Crippen LogP contribution in [0.25, 0.3) is 6.08 Å². The Hall–Kier alpha value is -0.750. The molecule has 0 heterocycles. The van der Waals surface area contributed by atoms with Gasteiger partial charge in [-0.25, -0.2) is 0 Å². The van der Waals surface area contributed by atoms with Crippen LogP contribution in [0.5, 0.6) is 0 Å². The van der Waals surface area contributed by atoms with E-state index in [1.807, 2.05) is 24.3 Å². The normalized spacial score (nSPS) is 10.7. The molecular formula is C10H11Cl. The maximum atomic E-state index is 5.72. The number of allylic oxidation sites excluding steroid dienone is 1. The highest BCUT2D eigenvalue weighted by atomic mass is 35.5. The fraction of sp³-hybridized carbons (Fsp3) is 0.200. The largest absolute Gasteiger partial charge is 0.0843 e. The highest BCUT2D eigenvalue weighted by molar-refractivity contribution is 6.30. The molecule has 0 aromatic heterocycles. The second kappa shape index (κ2) is 4.20. The molecule has 1 rings (SSSR count). The summed E-state index contributed by atoms with van der Waals surface area (Å²) in [4.78, 5) is 0. The smallest absolute Gasteiger partial charge is 0.0406 e. The van der Waals surface area contributed by atoms with Gasteiger partial charge in [0.2, 0.25) is 0 Å². The van der Waals surface area contributed by atoms with Crippen LogP contribution < -0.4 is 0 Å². The zero-order valence-electron chi connectivity index (χ0n) is 6.55. The number of hydrogen-bond donors (Lipinski definition) is 0. The van der Waals surface area contributed by atoms with Crippen molar-refractivity contribution in [3.8, 4) is 0 Å². The Kier molecular flexibility index (Phi) is 3.18. The van der Waals surface area contributed by atoms with E-state index in [0.29, 0.717) is 0 Å². The van der Waals surface area contributed by atoms with Gasteiger partial charge in [-0.15, -0.1) is 0 Å². The van der Waals surface area contributed by atoms with Crippen LogP contribution in [0.2, 0.25) is 5.02 Å². The summed E-state index contributed by atoms with van der Waals surface area (Å²) in [7, 11) is 0. The van der Waals surface area contributed by atoms with Crippen LogP contribution >= 0.6 is 11.6 Å². The first kappa shape index (κ1) is 8.35. The van der Waals surface area contributed by atoms with E-state index < -0.39 is 0 Å². The van der Waals surface area contributed by atoms with Crippen LogP contribution in [0.4, 0.5) is 0 Å². The van der Waals surface area contributed by atoms with Crippen molar-refractivity contribution in [3.63, 3.8) is 0 Å². The van der Waals surface area contributed by atoms with Gasteiger partial charge in [-0.05, 0) is 24.1 Å². The van der Waals surface area contributed by atoms with Crippen LogP contribution in [-0.2, 0) is 0 Å². The third-order valence-corrected chi connectivity index (χ3v) is 1.67. The Morgan fingerprint density at radius 1 is 1.27 bits per heavy atom. The molecule has 0 spiro atoms. The molecule has 0 fully saturated rings. The summed E-state index contributed by atoms with van der Waals surface area (Å²) in [6.45, 7) is 2.12. The summed E-state index contributed by atoms with van der Waals surface area (Å²) in [5.74, 6) is 0. The lowest BCUT2D eigenvalue weighted by Gasteiger charge is -1.91. The van der Waals surface area contributed by atoms with Gasteiger partial charge in [0.1, 0.15) is 0 Å². The lowest BCUT2D eigenvalue weighted by Crippen LogP contribution is -1.69. The van der Waals surface area contributed by atoms with Gasteiger partial charge in [-0.3, -0.25) is 0 Å². The SMILES string of the molecule is CC/C=C/c1ccc(Cl)cc1. The zero-order chi connectivity index (χ0) is 8.10. The highest BCUT2D eigenvalue weighted by Crippen LogP contribution is 2.10. The average molecular weight is 167 g/mol. The van der Waals surface area contributed by atoms with Gasteiger partial charge in [-0.1, -0.05) is 42.8 Å². The molecule has 0 amide bonds. The minimum atomic E-state index is 0.790. The van der Waals surface area contributed by atoms with Crippen molar-refractivity contribution >= 4 is 17.7 Å². The summed E-state index contributed by atoms with van der Waals surface area (Å²) in [6.07, 6.45) is 5.29. The molecule has 0 bridgehead atoms. The number of hydrogen-bond acceptors (Lipinski definition) is 0. The molecule has 1 aromatic carbocycles. The summed E-state index contributed by atoms with van der Waals surface area (Å²) in [5, 5.41) is 0.790. The average Bonchev–Trinajstić information content (AvgIpc) is 2.04. The molecular weight excluding hydrogens is 156 g/mol. The minimum Gasteiger partial charge on any atom is -0.0843 e. The molecule has 11 heavy (non-hydrogen) atoms. The molecule has 0 N–H and O–H groups in total. The molecule has 1 heteroatoms. The van der Waals surface area contributed by atoms with Crippen molar-refractivity contribution in [1.82, 2.24) is 0 Å². The van der Waals surface area contributed by atoms with Gasteiger partial charge < -0.3 is 0 Å². The number of benzene rings is 1. The van der Waals surface area contributed by atoms with Gasteiger partial charge in [-0.2, -0.15) is 0 Å². The van der Waals surface area contributed by atoms with Crippen molar-refractivity contribution in [2.45, 2.75) is 13.3 Å². The molecule has 0 unspecified atom stereocenters. The minimum absolute atomic E-state index is 0.790. The summed E-state index contributed by atoms with van der Waals surface area (Å²) < 4.78 is 0. The molecule has 0 aliphatic rings. The van der Waals surface area contributed by atoms with E-state index in [1.54, 1.807) is 0 Å². The van der Waals surface area contributed by atoms with E-state index in [2.05, 4.69) is 19.1 Å². The molecule has 0 aliphatic carbocycles. The van der Waals surface area contributed by atoms with Gasteiger partial charge in [0, 0.05) is 5.02 Å². The Bertz CT molecular complexity index is 234. The zero-order valence-corrected chi connectivity index (χ0v) is 7.31. The van der Waals surface area contributed by atoms with Crippen LogP contribution in [-0.4, -0.2) is 0 Å². The second-order valence-electron chi connectivity index (χ2n) is 2.36. The van der Waals surface area contributed by atoms with Crippen LogP contribution in [0.1, 0.15) is 18.9 Å². The predicted octanol–water partition coefficient (Wildman–Crippen LogP) is 3.76. The third kappa shape index (κ3) is 2.77. The topological polar surface area (TPSA) is 0 Å². The lowest BCUT2D eigenvalue weighted by atomic mass is 10.2. The molecule has 0 saturated heterocycles. The second-order valence-corrected chi connectivity index (χ2v) is 2.80. The van der Waals surface area contributed by atoms with E-state index in [9.17, 15) is 0 Å². The van der Waals surface area contributed by atoms with Crippen molar-refractivity contribution in [3.05, 3.63) is 40.9 Å². The molecule has 0 aliphatic heterocycles. The van der Waals surface area contributed by atoms with Crippen LogP contribution in [0.15, 0.2) is 30.3 Å². The molecule has 58 valence electrons. The van der Waals surface area contributed by atoms with Crippen molar-refractivity contribution in [2.24, 2.45) is 0 Å². The predicted molar refractivity (Wildman–Crippen MR) is 50.8 cm³/mol. The molecule has 0 atom stereocenters. The van der Waals surface area contributed by atoms with Crippen molar-refractivity contribution in [1.29, 1.82) is 0 Å². The number of halogens is 1. The molecule has 0 nitrogen and oxygen atoms in total. The standard InChI is InChI=1S/C10H11Cl/c1-2-3-4-9-5-7-10(11)8-6-9/h3-8H,2H2,1H3/b4-3+. The quantitative estimate of drug-likeness (QED) is 0.628. The number of rotatable bonds is 2. The Morgan fingerprint density at radius 3 is 2.45 bits per heavy atom. The molecule has 1 aromatic rings. The Morgan fingerprint density at radius 2 is 1.91 bits per heavy atom. The van der Waals surface area contributed by atoms with Crippen LogP contribution in [0, 0.1) is 0 Å². The first-order valence-electron chi connectivity index (χ1n) is 3.75. The van der Waals surface area contributed by atoms with E-state index in [0.717, 1.165) is 11.4 Å². The Labute approximate surface area is 72.5 Å². The van der Waals surface area contributed by atoms with Gasteiger partial charge in [0.15, 0.2) is 0 Å². The van der Waals surface area contributed by atoms with E-state index in [1.165, 1.54) is 5.56 Å². The molecule has 0 radical (unpaired) electrons. The van der Waals surface area contributed by atoms with E-state index >= 15 is 0 Å². The summed E-state index contributed by atoms with van der Waals surface area (Å²) in [5.41, 5.74) is 1.20. The fourth-order valence-electron chi connectivity index (χ4n) is 0.828. The summed E-state index contributed by atoms with van der Waals surface area (Å²) in [6, 6.07) is 7.82. The highest BCUT2D eigenvalue weighted by Gasteiger charge is 1.85. The summed E-state index contributed by atoms with van der Waals surface area (Å²) >= 11 is 5.72. The maximum Gasteiger partial charge on any atom is 0.0406 e. The first-order chi connectivity index (χ1) is 5.33. The van der Waals surface area contributed by atoms with Gasteiger partial charge in [0.05, 0.1) is 0 Å². The third-order valence-electron chi connectivity index (χ3n) is 1.42.